The van der Waals surface area contributed by atoms with E-state index >= 15 is 0 Å². The van der Waals surface area contributed by atoms with Crippen molar-refractivity contribution in [3.63, 3.8) is 0 Å². The summed E-state index contributed by atoms with van der Waals surface area (Å²) in [4.78, 5) is 51.0. The van der Waals surface area contributed by atoms with E-state index in [1.54, 1.807) is 39.0 Å². The van der Waals surface area contributed by atoms with Crippen LogP contribution in [0, 0.1) is 0 Å². The lowest BCUT2D eigenvalue weighted by molar-refractivity contribution is -0.138. The Morgan fingerprint density at radius 2 is 1.82 bits per heavy atom. The van der Waals surface area contributed by atoms with Crippen LogP contribution in [0.1, 0.15) is 44.0 Å². The molecule has 1 aromatic heterocycles. The molecule has 0 bridgehead atoms. The summed E-state index contributed by atoms with van der Waals surface area (Å²) in [5.74, 6) is -2.23. The number of carboxylic acid groups (broad SMARTS) is 1. The number of carbonyl (C=O) groups excluding carboxylic acids is 3. The molecule has 0 unspecified atom stereocenters. The van der Waals surface area contributed by atoms with Crippen molar-refractivity contribution < 1.29 is 29.0 Å². The number of fused-ring (bicyclic) bond motifs is 1. The topological polar surface area (TPSA) is 135 Å². The van der Waals surface area contributed by atoms with E-state index in [-0.39, 0.29) is 18.4 Å². The number of alkyl carbamates (subject to hydrolysis) is 1. The van der Waals surface area contributed by atoms with Crippen LogP contribution in [0.15, 0.2) is 30.5 Å². The van der Waals surface area contributed by atoms with Crippen molar-refractivity contribution in [2.75, 3.05) is 5.32 Å². The molecule has 2 aromatic rings. The van der Waals surface area contributed by atoms with Crippen molar-refractivity contribution >= 4 is 40.5 Å². The van der Waals surface area contributed by atoms with Crippen LogP contribution in [-0.2, 0) is 14.3 Å². The number of nitrogens with one attached hydrogen (secondary N) is 2. The number of amides is 3. The molecule has 0 aliphatic heterocycles. The molecule has 2 rings (SSSR count). The van der Waals surface area contributed by atoms with Crippen LogP contribution >= 0.6 is 0 Å². The number of para-hydroxylation sites is 1. The second-order valence-electron chi connectivity index (χ2n) is 6.96. The van der Waals surface area contributed by atoms with Crippen molar-refractivity contribution in [3.05, 3.63) is 36.0 Å². The van der Waals surface area contributed by atoms with Crippen LogP contribution in [-0.4, -0.2) is 39.6 Å². The SMILES string of the molecule is CC(C)(C)OC(=O)NC(=O)c1ccnc2c(NC(=O)CCC(=O)O)cccc12. The summed E-state index contributed by atoms with van der Waals surface area (Å²) in [6, 6.07) is 6.27. The van der Waals surface area contributed by atoms with Crippen LogP contribution in [0.25, 0.3) is 10.9 Å². The fourth-order valence-electron chi connectivity index (χ4n) is 2.37. The van der Waals surface area contributed by atoms with Gasteiger partial charge in [0.1, 0.15) is 5.60 Å². The van der Waals surface area contributed by atoms with Crippen LogP contribution in [0.5, 0.6) is 0 Å². The van der Waals surface area contributed by atoms with Gasteiger partial charge < -0.3 is 15.2 Å². The fraction of sp³-hybridized carbons (Fsp3) is 0.316. The average Bonchev–Trinajstić information content (AvgIpc) is 2.58. The third-order valence-corrected chi connectivity index (χ3v) is 3.47. The minimum atomic E-state index is -1.08. The lowest BCUT2D eigenvalue weighted by atomic mass is 10.1. The largest absolute Gasteiger partial charge is 0.481 e. The third-order valence-electron chi connectivity index (χ3n) is 3.47. The summed E-state index contributed by atoms with van der Waals surface area (Å²) in [5, 5.41) is 13.8. The summed E-state index contributed by atoms with van der Waals surface area (Å²) in [6.07, 6.45) is 0.0118. The highest BCUT2D eigenvalue weighted by molar-refractivity contribution is 6.13. The molecule has 9 heteroatoms. The first-order chi connectivity index (χ1) is 13.1. The third kappa shape index (κ3) is 5.76. The van der Waals surface area contributed by atoms with Crippen molar-refractivity contribution in [2.24, 2.45) is 0 Å². The highest BCUT2D eigenvalue weighted by Crippen LogP contribution is 2.24. The average molecular weight is 387 g/mol. The standard InChI is InChI=1S/C19H21N3O6/c1-19(2,3)28-18(27)22-17(26)12-9-10-20-16-11(12)5-4-6-13(16)21-14(23)7-8-15(24)25/h4-6,9-10H,7-8H2,1-3H3,(H,21,23)(H,24,25)(H,22,26,27). The molecule has 0 saturated heterocycles. The number of nitrogens with zero attached hydrogens (tertiary/aromatic N) is 1. The zero-order valence-electron chi connectivity index (χ0n) is 15.7. The number of ether oxygens (including phenoxy) is 1. The Labute approximate surface area is 161 Å². The van der Waals surface area contributed by atoms with Crippen LogP contribution < -0.4 is 10.6 Å². The Balaban J connectivity index is 2.25. The number of rotatable bonds is 5. The molecule has 0 radical (unpaired) electrons. The van der Waals surface area contributed by atoms with Crippen LogP contribution in [0.4, 0.5) is 10.5 Å². The number of aromatic nitrogens is 1. The molecule has 0 saturated carbocycles. The Bertz CT molecular complexity index is 933. The van der Waals surface area contributed by atoms with Crippen molar-refractivity contribution in [1.29, 1.82) is 0 Å². The van der Waals surface area contributed by atoms with E-state index in [0.29, 0.717) is 16.6 Å². The Morgan fingerprint density at radius 3 is 2.46 bits per heavy atom. The van der Waals surface area contributed by atoms with Gasteiger partial charge in [0.25, 0.3) is 5.91 Å². The van der Waals surface area contributed by atoms with Crippen LogP contribution in [0.2, 0.25) is 0 Å². The maximum absolute atomic E-state index is 12.5. The number of hydrogen-bond acceptors (Lipinski definition) is 6. The lowest BCUT2D eigenvalue weighted by Crippen LogP contribution is -2.36. The maximum Gasteiger partial charge on any atom is 0.414 e. The second kappa shape index (κ2) is 8.47. The second-order valence-corrected chi connectivity index (χ2v) is 6.96. The Kier molecular flexibility index (Phi) is 6.29. The van der Waals surface area contributed by atoms with Gasteiger partial charge in [0.05, 0.1) is 23.2 Å². The van der Waals surface area contributed by atoms with Gasteiger partial charge in [0.15, 0.2) is 0 Å². The van der Waals surface area contributed by atoms with Gasteiger partial charge in [-0.1, -0.05) is 12.1 Å². The lowest BCUT2D eigenvalue weighted by Gasteiger charge is -2.19. The molecular formula is C19H21N3O6. The number of carbonyl (C=O) groups is 4. The highest BCUT2D eigenvalue weighted by atomic mass is 16.6. The van der Waals surface area contributed by atoms with E-state index < -0.39 is 29.5 Å². The van der Waals surface area contributed by atoms with E-state index in [9.17, 15) is 19.2 Å². The van der Waals surface area contributed by atoms with Gasteiger partial charge in [-0.15, -0.1) is 0 Å². The smallest absolute Gasteiger partial charge is 0.414 e. The molecule has 1 heterocycles. The van der Waals surface area contributed by atoms with E-state index in [1.807, 2.05) is 0 Å². The number of benzene rings is 1. The first kappa shape index (κ1) is 20.8. The van der Waals surface area contributed by atoms with E-state index in [2.05, 4.69) is 15.6 Å². The molecular weight excluding hydrogens is 366 g/mol. The quantitative estimate of drug-likeness (QED) is 0.718. The minimum Gasteiger partial charge on any atom is -0.481 e. The van der Waals surface area contributed by atoms with E-state index in [4.69, 9.17) is 9.84 Å². The monoisotopic (exact) mass is 387 g/mol. The minimum absolute atomic E-state index is 0.178. The summed E-state index contributed by atoms with van der Waals surface area (Å²) >= 11 is 0. The molecule has 0 atom stereocenters. The number of anilines is 1. The molecule has 3 N–H and O–H groups in total. The molecule has 148 valence electrons. The molecule has 0 aliphatic rings. The molecule has 3 amide bonds. The van der Waals surface area contributed by atoms with Gasteiger partial charge >= 0.3 is 12.1 Å². The first-order valence-electron chi connectivity index (χ1n) is 8.50. The number of carboxylic acids is 1. The number of aliphatic carboxylic acids is 1. The summed E-state index contributed by atoms with van der Waals surface area (Å²) in [5.41, 5.74) is 0.0956. The highest BCUT2D eigenvalue weighted by Gasteiger charge is 2.20. The Morgan fingerprint density at radius 1 is 1.11 bits per heavy atom. The molecule has 9 nitrogen and oxygen atoms in total. The number of imide groups is 1. The molecule has 0 fully saturated rings. The van der Waals surface area contributed by atoms with E-state index in [0.717, 1.165) is 0 Å². The molecule has 1 aromatic carbocycles. The molecule has 28 heavy (non-hydrogen) atoms. The molecule has 0 aliphatic carbocycles. The number of pyridine rings is 1. The maximum atomic E-state index is 12.5. The normalized spacial score (nSPS) is 11.0. The van der Waals surface area contributed by atoms with Gasteiger partial charge in [-0.2, -0.15) is 0 Å². The van der Waals surface area contributed by atoms with Crippen molar-refractivity contribution in [1.82, 2.24) is 10.3 Å². The van der Waals surface area contributed by atoms with Crippen molar-refractivity contribution in [3.8, 4) is 0 Å². The zero-order valence-corrected chi connectivity index (χ0v) is 15.7. The van der Waals surface area contributed by atoms with Gasteiger partial charge in [-0.05, 0) is 32.9 Å². The van der Waals surface area contributed by atoms with Crippen LogP contribution in [0.3, 0.4) is 0 Å². The van der Waals surface area contributed by atoms with E-state index in [1.165, 1.54) is 12.3 Å². The van der Waals surface area contributed by atoms with Crippen molar-refractivity contribution in [2.45, 2.75) is 39.2 Å². The van der Waals surface area contributed by atoms with Gasteiger partial charge in [-0.25, -0.2) is 4.79 Å². The van der Waals surface area contributed by atoms with Gasteiger partial charge in [0, 0.05) is 18.0 Å². The predicted molar refractivity (Wildman–Crippen MR) is 101 cm³/mol. The summed E-state index contributed by atoms with van der Waals surface area (Å²) in [6.45, 7) is 5.04. The van der Waals surface area contributed by atoms with Gasteiger partial charge in [0.2, 0.25) is 5.91 Å². The molecule has 0 spiro atoms. The Hall–Kier alpha value is -3.49. The summed E-state index contributed by atoms with van der Waals surface area (Å²) < 4.78 is 5.07. The fourth-order valence-corrected chi connectivity index (χ4v) is 2.37. The zero-order chi connectivity index (χ0) is 20.9. The van der Waals surface area contributed by atoms with Gasteiger partial charge in [-0.3, -0.25) is 24.7 Å². The first-order valence-corrected chi connectivity index (χ1v) is 8.50. The summed E-state index contributed by atoms with van der Waals surface area (Å²) in [7, 11) is 0. The predicted octanol–water partition coefficient (Wildman–Crippen LogP) is 2.70. The number of hydrogen-bond donors (Lipinski definition) is 3.